The fourth-order valence-electron chi connectivity index (χ4n) is 2.90. The second-order valence-corrected chi connectivity index (χ2v) is 5.79. The zero-order valence-corrected chi connectivity index (χ0v) is 15.1. The number of fused-ring (bicyclic) bond motifs is 2. The van der Waals surface area contributed by atoms with Crippen molar-refractivity contribution in [2.75, 3.05) is 18.6 Å². The van der Waals surface area contributed by atoms with Crippen molar-refractivity contribution in [3.63, 3.8) is 0 Å². The van der Waals surface area contributed by atoms with Gasteiger partial charge >= 0.3 is 5.97 Å². The first kappa shape index (κ1) is 17.8. The molecule has 0 bridgehead atoms. The molecule has 0 unspecified atom stereocenters. The molecule has 3 rings (SSSR count). The highest BCUT2D eigenvalue weighted by atomic mass is 16.5. The number of amides is 1. The van der Waals surface area contributed by atoms with Crippen LogP contribution in [0.5, 0.6) is 17.2 Å². The van der Waals surface area contributed by atoms with Gasteiger partial charge in [-0.1, -0.05) is 19.1 Å². The molecule has 0 atom stereocenters. The number of hydrogen-bond acceptors (Lipinski definition) is 5. The zero-order valence-electron chi connectivity index (χ0n) is 15.1. The van der Waals surface area contributed by atoms with Crippen molar-refractivity contribution >= 4 is 17.6 Å². The van der Waals surface area contributed by atoms with Crippen LogP contribution < -0.4 is 14.4 Å². The summed E-state index contributed by atoms with van der Waals surface area (Å²) in [4.78, 5) is 26.3. The molecule has 1 aliphatic rings. The number of para-hydroxylation sites is 1. The van der Waals surface area contributed by atoms with Crippen molar-refractivity contribution in [3.05, 3.63) is 47.5 Å². The third-order valence-corrected chi connectivity index (χ3v) is 4.19. The number of benzene rings is 2. The number of esters is 1. The van der Waals surface area contributed by atoms with Gasteiger partial charge in [0.05, 0.1) is 31.5 Å². The molecule has 0 aromatic heterocycles. The molecule has 1 aliphatic heterocycles. The van der Waals surface area contributed by atoms with Crippen LogP contribution in [0.3, 0.4) is 0 Å². The second kappa shape index (κ2) is 7.47. The largest absolute Gasteiger partial charge is 0.493 e. The molecule has 2 aromatic rings. The molecule has 26 heavy (non-hydrogen) atoms. The Kier molecular flexibility index (Phi) is 5.11. The summed E-state index contributed by atoms with van der Waals surface area (Å²) in [6.07, 6.45) is 0.336. The van der Waals surface area contributed by atoms with E-state index < -0.39 is 5.97 Å². The fourth-order valence-corrected chi connectivity index (χ4v) is 2.90. The predicted molar refractivity (Wildman–Crippen MR) is 96.9 cm³/mol. The Morgan fingerprint density at radius 2 is 2.00 bits per heavy atom. The van der Waals surface area contributed by atoms with Gasteiger partial charge in [-0.3, -0.25) is 4.79 Å². The highest BCUT2D eigenvalue weighted by Gasteiger charge is 2.27. The van der Waals surface area contributed by atoms with E-state index in [9.17, 15) is 9.59 Å². The lowest BCUT2D eigenvalue weighted by Gasteiger charge is -2.22. The predicted octanol–water partition coefficient (Wildman–Crippen LogP) is 3.92. The normalized spacial score (nSPS) is 12.3. The van der Waals surface area contributed by atoms with Gasteiger partial charge in [0, 0.05) is 12.0 Å². The lowest BCUT2D eigenvalue weighted by Crippen LogP contribution is -2.29. The van der Waals surface area contributed by atoms with E-state index in [1.165, 1.54) is 0 Å². The number of carbonyl (C=O) groups excluding carboxylic acids is 2. The molecule has 6 nitrogen and oxygen atoms in total. The molecule has 1 heterocycles. The molecule has 0 saturated carbocycles. The molecule has 0 fully saturated rings. The minimum absolute atomic E-state index is 0.0634. The molecule has 136 valence electrons. The maximum absolute atomic E-state index is 12.6. The molecule has 2 aromatic carbocycles. The zero-order chi connectivity index (χ0) is 18.7. The van der Waals surface area contributed by atoms with E-state index in [1.807, 2.05) is 18.2 Å². The lowest BCUT2D eigenvalue weighted by molar-refractivity contribution is -0.118. The number of carbonyl (C=O) groups is 2. The van der Waals surface area contributed by atoms with Crippen molar-refractivity contribution in [2.24, 2.45) is 0 Å². The first-order valence-corrected chi connectivity index (χ1v) is 8.54. The van der Waals surface area contributed by atoms with Crippen LogP contribution in [0.15, 0.2) is 36.4 Å². The third kappa shape index (κ3) is 3.22. The molecule has 1 amide bonds. The van der Waals surface area contributed by atoms with Crippen LogP contribution in [-0.4, -0.2) is 25.6 Å². The van der Waals surface area contributed by atoms with Crippen LogP contribution >= 0.6 is 0 Å². The number of methoxy groups -OCH3 is 1. The van der Waals surface area contributed by atoms with E-state index in [0.29, 0.717) is 41.5 Å². The van der Waals surface area contributed by atoms with Gasteiger partial charge in [-0.2, -0.15) is 0 Å². The van der Waals surface area contributed by atoms with Crippen LogP contribution in [0.25, 0.3) is 0 Å². The monoisotopic (exact) mass is 355 g/mol. The van der Waals surface area contributed by atoms with E-state index in [-0.39, 0.29) is 12.5 Å². The van der Waals surface area contributed by atoms with E-state index in [4.69, 9.17) is 14.2 Å². The number of anilines is 1. The number of rotatable bonds is 4. The summed E-state index contributed by atoms with van der Waals surface area (Å²) in [6.45, 7) is 4.17. The average Bonchev–Trinajstić information content (AvgIpc) is 2.83. The number of nitrogens with zero attached hydrogens (tertiary/aromatic N) is 1. The third-order valence-electron chi connectivity index (χ3n) is 4.19. The molecule has 6 heteroatoms. The van der Waals surface area contributed by atoms with E-state index in [2.05, 4.69) is 0 Å². The summed E-state index contributed by atoms with van der Waals surface area (Å²) < 4.78 is 16.5. The lowest BCUT2D eigenvalue weighted by atomic mass is 10.1. The summed E-state index contributed by atoms with van der Waals surface area (Å²) >= 11 is 0. The van der Waals surface area contributed by atoms with Crippen LogP contribution in [-0.2, 0) is 16.1 Å². The van der Waals surface area contributed by atoms with Crippen molar-refractivity contribution < 1.29 is 23.8 Å². The molecular formula is C20H21NO5. The van der Waals surface area contributed by atoms with Gasteiger partial charge in [0.2, 0.25) is 5.91 Å². The molecule has 0 spiro atoms. The Bertz CT molecular complexity index is 846. The summed E-state index contributed by atoms with van der Waals surface area (Å²) in [5.74, 6) is 1.16. The number of hydrogen-bond donors (Lipinski definition) is 0. The van der Waals surface area contributed by atoms with Gasteiger partial charge in [-0.25, -0.2) is 4.79 Å². The highest BCUT2D eigenvalue weighted by Crippen LogP contribution is 2.43. The quantitative estimate of drug-likeness (QED) is 0.778. The van der Waals surface area contributed by atoms with Crippen LogP contribution in [0.4, 0.5) is 5.69 Å². The van der Waals surface area contributed by atoms with E-state index >= 15 is 0 Å². The molecule has 0 radical (unpaired) electrons. The molecule has 0 saturated heterocycles. The fraction of sp³-hybridized carbons (Fsp3) is 0.300. The van der Waals surface area contributed by atoms with Gasteiger partial charge < -0.3 is 19.1 Å². The van der Waals surface area contributed by atoms with Gasteiger partial charge in [0.25, 0.3) is 0 Å². The Morgan fingerprint density at radius 1 is 1.19 bits per heavy atom. The first-order valence-electron chi connectivity index (χ1n) is 8.54. The van der Waals surface area contributed by atoms with Crippen LogP contribution in [0.1, 0.15) is 36.2 Å². The molecule has 0 aliphatic carbocycles. The van der Waals surface area contributed by atoms with Gasteiger partial charge in [0.1, 0.15) is 0 Å². The van der Waals surface area contributed by atoms with Crippen molar-refractivity contribution in [3.8, 4) is 17.2 Å². The first-order chi connectivity index (χ1) is 12.6. The van der Waals surface area contributed by atoms with Crippen molar-refractivity contribution in [2.45, 2.75) is 26.8 Å². The average molecular weight is 355 g/mol. The highest BCUT2D eigenvalue weighted by molar-refractivity contribution is 5.98. The van der Waals surface area contributed by atoms with Crippen molar-refractivity contribution in [1.29, 1.82) is 0 Å². The maximum Gasteiger partial charge on any atom is 0.338 e. The second-order valence-electron chi connectivity index (χ2n) is 5.79. The Balaban J connectivity index is 2.13. The van der Waals surface area contributed by atoms with E-state index in [1.54, 1.807) is 44.1 Å². The van der Waals surface area contributed by atoms with Gasteiger partial charge in [0.15, 0.2) is 17.2 Å². The van der Waals surface area contributed by atoms with Crippen LogP contribution in [0.2, 0.25) is 0 Å². The standard InChI is InChI=1S/C20H21NO5/c1-4-18(22)21-12-14-7-6-8-17(24-3)19(14)26-16-10-9-13(11-15(16)21)20(23)25-5-2/h6-11H,4-5,12H2,1-3H3. The van der Waals surface area contributed by atoms with E-state index in [0.717, 1.165) is 5.56 Å². The summed E-state index contributed by atoms with van der Waals surface area (Å²) in [7, 11) is 1.57. The molecule has 0 N–H and O–H groups in total. The minimum Gasteiger partial charge on any atom is -0.493 e. The molecular weight excluding hydrogens is 334 g/mol. The number of ether oxygens (including phenoxy) is 3. The Labute approximate surface area is 152 Å². The summed E-state index contributed by atoms with van der Waals surface area (Å²) in [5, 5.41) is 0. The Hall–Kier alpha value is -3.02. The smallest absolute Gasteiger partial charge is 0.338 e. The van der Waals surface area contributed by atoms with Gasteiger partial charge in [-0.15, -0.1) is 0 Å². The maximum atomic E-state index is 12.6. The summed E-state index contributed by atoms with van der Waals surface area (Å²) in [5.41, 5.74) is 1.75. The topological polar surface area (TPSA) is 65.1 Å². The summed E-state index contributed by atoms with van der Waals surface area (Å²) in [6, 6.07) is 10.5. The van der Waals surface area contributed by atoms with Gasteiger partial charge in [-0.05, 0) is 31.2 Å². The Morgan fingerprint density at radius 3 is 2.69 bits per heavy atom. The van der Waals surface area contributed by atoms with Crippen LogP contribution in [0, 0.1) is 0 Å². The van der Waals surface area contributed by atoms with Crippen molar-refractivity contribution in [1.82, 2.24) is 0 Å². The SMILES string of the molecule is CCOC(=O)c1ccc2c(c1)N(C(=O)CC)Cc1cccc(OC)c1O2. The minimum atomic E-state index is -0.432.